The summed E-state index contributed by atoms with van der Waals surface area (Å²) in [4.78, 5) is 23.2. The maximum Gasteiger partial charge on any atom is 0.405 e. The lowest BCUT2D eigenvalue weighted by Crippen LogP contribution is -2.38. The summed E-state index contributed by atoms with van der Waals surface area (Å²) >= 11 is 0. The molecule has 0 saturated heterocycles. The summed E-state index contributed by atoms with van der Waals surface area (Å²) in [5, 5.41) is 5.52. The molecule has 1 aromatic heterocycles. The molecule has 6 nitrogen and oxygen atoms in total. The number of hydrogen-bond acceptors (Lipinski definition) is 4. The van der Waals surface area contributed by atoms with Gasteiger partial charge in [0.05, 0.1) is 5.69 Å². The predicted octanol–water partition coefficient (Wildman–Crippen LogP) is 2.19. The van der Waals surface area contributed by atoms with Crippen LogP contribution < -0.4 is 15.6 Å². The van der Waals surface area contributed by atoms with Gasteiger partial charge in [-0.05, 0) is 30.3 Å². The molecule has 0 atom stereocenters. The zero-order valence-electron chi connectivity index (χ0n) is 13.0. The Bertz CT molecular complexity index is 819. The molecule has 0 saturated carbocycles. The summed E-state index contributed by atoms with van der Waals surface area (Å²) in [7, 11) is 0. The molecule has 0 spiro atoms. The van der Waals surface area contributed by atoms with Gasteiger partial charge in [-0.15, -0.1) is 0 Å². The average molecular weight is 377 g/mol. The highest BCUT2D eigenvalue weighted by Gasteiger charge is 2.27. The molecule has 1 N–H and O–H groups in total. The van der Waals surface area contributed by atoms with Crippen LogP contribution in [0.3, 0.4) is 0 Å². The number of carbonyl (C=O) groups is 1. The van der Waals surface area contributed by atoms with E-state index in [0.29, 0.717) is 10.2 Å². The van der Waals surface area contributed by atoms with E-state index in [1.807, 2.05) is 0 Å². The second-order valence-corrected chi connectivity index (χ2v) is 5.01. The van der Waals surface area contributed by atoms with Crippen molar-refractivity contribution in [2.45, 2.75) is 19.3 Å². The largest absolute Gasteiger partial charge is 0.435 e. The van der Waals surface area contributed by atoms with E-state index in [2.05, 4.69) is 9.84 Å². The highest BCUT2D eigenvalue weighted by Crippen LogP contribution is 2.21. The van der Waals surface area contributed by atoms with Crippen LogP contribution >= 0.6 is 0 Å². The second kappa shape index (κ2) is 7.93. The van der Waals surface area contributed by atoms with Crippen molar-refractivity contribution in [3.05, 3.63) is 46.8 Å². The minimum absolute atomic E-state index is 0.0800. The van der Waals surface area contributed by atoms with Crippen molar-refractivity contribution in [1.82, 2.24) is 15.1 Å². The molecule has 1 aromatic carbocycles. The Hall–Kier alpha value is -2.98. The van der Waals surface area contributed by atoms with Crippen molar-refractivity contribution in [2.75, 3.05) is 6.54 Å². The Balaban J connectivity index is 2.14. The number of alkyl halides is 5. The summed E-state index contributed by atoms with van der Waals surface area (Å²) in [5.41, 5.74) is -0.0403. The van der Waals surface area contributed by atoms with Gasteiger partial charge in [0.15, 0.2) is 0 Å². The van der Waals surface area contributed by atoms with Gasteiger partial charge >= 0.3 is 12.8 Å². The Labute approximate surface area is 143 Å². The zero-order chi connectivity index (χ0) is 19.3. The van der Waals surface area contributed by atoms with Crippen molar-refractivity contribution in [1.29, 1.82) is 0 Å². The van der Waals surface area contributed by atoms with Crippen LogP contribution in [0, 0.1) is 0 Å². The van der Waals surface area contributed by atoms with Gasteiger partial charge in [-0.1, -0.05) is 0 Å². The molecule has 0 aliphatic heterocycles. The molecule has 11 heteroatoms. The molecule has 0 unspecified atom stereocenters. The van der Waals surface area contributed by atoms with Crippen molar-refractivity contribution >= 4 is 5.91 Å². The first-order valence-electron chi connectivity index (χ1n) is 7.11. The van der Waals surface area contributed by atoms with Gasteiger partial charge in [-0.3, -0.25) is 9.59 Å². The number of nitrogens with zero attached hydrogens (tertiary/aromatic N) is 2. The highest BCUT2D eigenvalue weighted by molar-refractivity contribution is 5.75. The van der Waals surface area contributed by atoms with Gasteiger partial charge in [-0.25, -0.2) is 4.68 Å². The van der Waals surface area contributed by atoms with Crippen LogP contribution in [0.4, 0.5) is 22.0 Å². The van der Waals surface area contributed by atoms with Gasteiger partial charge in [0.1, 0.15) is 18.8 Å². The number of rotatable bonds is 6. The molecule has 0 aliphatic rings. The van der Waals surface area contributed by atoms with Gasteiger partial charge in [-0.2, -0.15) is 27.1 Å². The fourth-order valence-electron chi connectivity index (χ4n) is 1.91. The van der Waals surface area contributed by atoms with E-state index in [-0.39, 0.29) is 11.4 Å². The summed E-state index contributed by atoms with van der Waals surface area (Å²) in [6, 6.07) is 7.73. The number of ether oxygens (including phenoxy) is 1. The van der Waals surface area contributed by atoms with Gasteiger partial charge in [0.25, 0.3) is 5.56 Å². The normalized spacial score (nSPS) is 11.5. The molecule has 2 aromatic rings. The molecule has 0 aliphatic carbocycles. The SMILES string of the molecule is O=C(Cn1nc(-c2ccc(OC(F)F)cc2)ccc1=O)NCC(F)(F)F. The first-order chi connectivity index (χ1) is 12.1. The van der Waals surface area contributed by atoms with E-state index in [0.717, 1.165) is 6.07 Å². The minimum Gasteiger partial charge on any atom is -0.435 e. The molecule has 2 rings (SSSR count). The Morgan fingerprint density at radius 1 is 1.15 bits per heavy atom. The summed E-state index contributed by atoms with van der Waals surface area (Å²) in [5.74, 6) is -1.11. The van der Waals surface area contributed by atoms with E-state index in [1.54, 1.807) is 5.32 Å². The topological polar surface area (TPSA) is 73.2 Å². The minimum atomic E-state index is -4.57. The lowest BCUT2D eigenvalue weighted by Gasteiger charge is -2.10. The highest BCUT2D eigenvalue weighted by atomic mass is 19.4. The average Bonchev–Trinajstić information content (AvgIpc) is 2.55. The number of carbonyl (C=O) groups excluding carboxylic acids is 1. The monoisotopic (exact) mass is 377 g/mol. The third-order valence-electron chi connectivity index (χ3n) is 3.02. The maximum absolute atomic E-state index is 12.1. The summed E-state index contributed by atoms with van der Waals surface area (Å²) in [6.45, 7) is -5.20. The van der Waals surface area contributed by atoms with Gasteiger partial charge < -0.3 is 10.1 Å². The number of nitrogens with one attached hydrogen (secondary N) is 1. The van der Waals surface area contributed by atoms with Crippen molar-refractivity contribution in [3.8, 4) is 17.0 Å². The summed E-state index contributed by atoms with van der Waals surface area (Å²) in [6.07, 6.45) is -4.57. The smallest absolute Gasteiger partial charge is 0.405 e. The van der Waals surface area contributed by atoms with Crippen molar-refractivity contribution in [2.24, 2.45) is 0 Å². The van der Waals surface area contributed by atoms with Gasteiger partial charge in [0.2, 0.25) is 5.91 Å². The van der Waals surface area contributed by atoms with E-state index in [4.69, 9.17) is 0 Å². The molecule has 0 fully saturated rings. The van der Waals surface area contributed by atoms with Crippen LogP contribution in [0.15, 0.2) is 41.2 Å². The number of amides is 1. The molecular weight excluding hydrogens is 365 g/mol. The molecule has 140 valence electrons. The molecular formula is C15H12F5N3O3. The quantitative estimate of drug-likeness (QED) is 0.784. The van der Waals surface area contributed by atoms with Gasteiger partial charge in [0, 0.05) is 11.6 Å². The Morgan fingerprint density at radius 2 is 1.81 bits per heavy atom. The number of benzene rings is 1. The van der Waals surface area contributed by atoms with Crippen LogP contribution in [0.25, 0.3) is 11.3 Å². The molecule has 26 heavy (non-hydrogen) atoms. The van der Waals surface area contributed by atoms with Crippen LogP contribution in [0.5, 0.6) is 5.75 Å². The van der Waals surface area contributed by atoms with Crippen LogP contribution in [0.1, 0.15) is 0 Å². The van der Waals surface area contributed by atoms with Crippen LogP contribution in [0.2, 0.25) is 0 Å². The fourth-order valence-corrected chi connectivity index (χ4v) is 1.91. The molecule has 0 bridgehead atoms. The van der Waals surface area contributed by atoms with E-state index in [9.17, 15) is 31.5 Å². The Morgan fingerprint density at radius 3 is 2.38 bits per heavy atom. The second-order valence-electron chi connectivity index (χ2n) is 5.01. The standard InChI is InChI=1S/C15H12F5N3O3/c16-14(17)26-10-3-1-9(2-4-10)11-5-6-13(25)23(22-11)7-12(24)21-8-15(18,19)20/h1-6,14H,7-8H2,(H,21,24). The third-order valence-corrected chi connectivity index (χ3v) is 3.02. The van der Waals surface area contributed by atoms with E-state index < -0.39 is 37.3 Å². The lowest BCUT2D eigenvalue weighted by atomic mass is 10.1. The van der Waals surface area contributed by atoms with E-state index in [1.165, 1.54) is 30.3 Å². The third kappa shape index (κ3) is 5.83. The maximum atomic E-state index is 12.1. The molecule has 1 amide bonds. The van der Waals surface area contributed by atoms with Crippen molar-refractivity contribution in [3.63, 3.8) is 0 Å². The first-order valence-corrected chi connectivity index (χ1v) is 7.11. The van der Waals surface area contributed by atoms with Crippen LogP contribution in [-0.2, 0) is 11.3 Å². The van der Waals surface area contributed by atoms with Crippen molar-refractivity contribution < 1.29 is 31.5 Å². The summed E-state index contributed by atoms with van der Waals surface area (Å²) < 4.78 is 65.4. The molecule has 0 radical (unpaired) electrons. The van der Waals surface area contributed by atoms with Crippen LogP contribution in [-0.4, -0.2) is 35.0 Å². The Kier molecular flexibility index (Phi) is 5.90. The zero-order valence-corrected chi connectivity index (χ0v) is 13.0. The number of hydrogen-bond donors (Lipinski definition) is 1. The number of halogens is 5. The number of aromatic nitrogens is 2. The predicted molar refractivity (Wildman–Crippen MR) is 79.6 cm³/mol. The first kappa shape index (κ1) is 19.3. The van der Waals surface area contributed by atoms with E-state index >= 15 is 0 Å². The lowest BCUT2D eigenvalue weighted by molar-refractivity contribution is -0.138. The fraction of sp³-hybridized carbons (Fsp3) is 0.267. The molecule has 1 heterocycles.